The molecule has 4 rings (SSSR count). The van der Waals surface area contributed by atoms with E-state index in [1.54, 1.807) is 19.2 Å². The predicted octanol–water partition coefficient (Wildman–Crippen LogP) is 2.37. The van der Waals surface area contributed by atoms with Crippen LogP contribution in [-0.2, 0) is 21.2 Å². The number of nitrogens with one attached hydrogen (secondary N) is 1. The van der Waals surface area contributed by atoms with Crippen LogP contribution in [0, 0.1) is 5.92 Å². The Morgan fingerprint density at radius 1 is 1.06 bits per heavy atom. The first-order valence-electron chi connectivity index (χ1n) is 11.5. The Morgan fingerprint density at radius 2 is 1.77 bits per heavy atom. The minimum Gasteiger partial charge on any atom is -0.496 e. The molecule has 3 aromatic rings. The summed E-state index contributed by atoms with van der Waals surface area (Å²) in [6.45, 7) is 1.95. The molecule has 9 nitrogen and oxygen atoms in total. The van der Waals surface area contributed by atoms with Crippen molar-refractivity contribution in [1.29, 1.82) is 0 Å². The van der Waals surface area contributed by atoms with Gasteiger partial charge in [0.1, 0.15) is 5.75 Å². The number of para-hydroxylation sites is 1. The summed E-state index contributed by atoms with van der Waals surface area (Å²) >= 11 is 0. The number of nitrogens with zero attached hydrogens (tertiary/aromatic N) is 3. The van der Waals surface area contributed by atoms with Gasteiger partial charge in [0.15, 0.2) is 5.82 Å². The Morgan fingerprint density at radius 3 is 2.40 bits per heavy atom. The van der Waals surface area contributed by atoms with E-state index in [2.05, 4.69) is 20.4 Å². The second-order valence-corrected chi connectivity index (χ2v) is 10.0. The topological polar surface area (TPSA) is 128 Å². The monoisotopic (exact) mass is 495 g/mol. The summed E-state index contributed by atoms with van der Waals surface area (Å²) < 4.78 is 28.1. The summed E-state index contributed by atoms with van der Waals surface area (Å²) in [5.74, 6) is 1.55. The zero-order valence-electron chi connectivity index (χ0n) is 19.6. The van der Waals surface area contributed by atoms with Crippen LogP contribution in [0.1, 0.15) is 18.4 Å². The summed E-state index contributed by atoms with van der Waals surface area (Å²) in [6.07, 6.45) is 2.10. The minimum atomic E-state index is -3.70. The second-order valence-electron chi connectivity index (χ2n) is 8.47. The summed E-state index contributed by atoms with van der Waals surface area (Å²) in [5.41, 5.74) is 2.58. The van der Waals surface area contributed by atoms with E-state index in [0.29, 0.717) is 13.0 Å². The lowest BCUT2D eigenvalue weighted by Crippen LogP contribution is -2.41. The van der Waals surface area contributed by atoms with Crippen LogP contribution >= 0.6 is 0 Å². The number of ether oxygens (including phenoxy) is 1. The molecule has 10 heteroatoms. The number of amides is 1. The summed E-state index contributed by atoms with van der Waals surface area (Å²) in [5, 5.41) is 16.9. The number of hydrogen-bond donors (Lipinski definition) is 2. The highest BCUT2D eigenvalue weighted by atomic mass is 32.2. The second kappa shape index (κ2) is 10.8. The van der Waals surface area contributed by atoms with Gasteiger partial charge in [-0.15, -0.1) is 10.2 Å². The number of sulfonamides is 1. The first-order chi connectivity index (χ1) is 16.8. The Bertz CT molecular complexity index is 1260. The Hall–Kier alpha value is -3.50. The number of benzene rings is 2. The molecule has 1 amide bonds. The molecule has 0 unspecified atom stereocenters. The van der Waals surface area contributed by atoms with E-state index in [4.69, 9.17) is 9.88 Å². The van der Waals surface area contributed by atoms with Crippen molar-refractivity contribution in [2.24, 2.45) is 11.1 Å². The number of carbonyl (C=O) groups is 1. The molecule has 2 heterocycles. The van der Waals surface area contributed by atoms with Gasteiger partial charge in [0, 0.05) is 31.1 Å². The lowest BCUT2D eigenvalue weighted by atomic mass is 9.96. The smallest absolute Gasteiger partial charge is 0.238 e. The van der Waals surface area contributed by atoms with Gasteiger partial charge in [-0.05, 0) is 61.2 Å². The molecule has 1 fully saturated rings. The summed E-state index contributed by atoms with van der Waals surface area (Å²) in [4.78, 5) is 14.8. The number of anilines is 1. The number of primary sulfonamides is 1. The third-order valence-corrected chi connectivity index (χ3v) is 7.12. The molecule has 1 aromatic heterocycles. The van der Waals surface area contributed by atoms with Crippen molar-refractivity contribution in [2.75, 3.05) is 31.6 Å². The van der Waals surface area contributed by atoms with Crippen LogP contribution in [0.25, 0.3) is 11.3 Å². The maximum Gasteiger partial charge on any atom is 0.238 e. The molecule has 1 saturated heterocycles. The van der Waals surface area contributed by atoms with Crippen LogP contribution < -0.4 is 20.1 Å². The fourth-order valence-corrected chi connectivity index (χ4v) is 4.70. The van der Waals surface area contributed by atoms with Crippen LogP contribution in [-0.4, -0.2) is 51.3 Å². The third kappa shape index (κ3) is 6.14. The van der Waals surface area contributed by atoms with Crippen LogP contribution in [0.5, 0.6) is 5.75 Å². The molecule has 35 heavy (non-hydrogen) atoms. The molecule has 2 aromatic carbocycles. The molecule has 0 radical (unpaired) electrons. The molecule has 1 aliphatic rings. The maximum absolute atomic E-state index is 12.6. The Labute approximate surface area is 205 Å². The summed E-state index contributed by atoms with van der Waals surface area (Å²) in [7, 11) is -2.06. The maximum atomic E-state index is 12.6. The van der Waals surface area contributed by atoms with Crippen molar-refractivity contribution in [3.8, 4) is 17.0 Å². The van der Waals surface area contributed by atoms with E-state index in [1.807, 2.05) is 36.4 Å². The highest BCUT2D eigenvalue weighted by Gasteiger charge is 2.25. The molecule has 3 N–H and O–H groups in total. The van der Waals surface area contributed by atoms with E-state index < -0.39 is 10.0 Å². The number of methoxy groups -OCH3 is 1. The largest absolute Gasteiger partial charge is 0.496 e. The van der Waals surface area contributed by atoms with Crippen LogP contribution in [0.15, 0.2) is 65.6 Å². The van der Waals surface area contributed by atoms with Gasteiger partial charge in [-0.25, -0.2) is 13.6 Å². The predicted molar refractivity (Wildman–Crippen MR) is 133 cm³/mol. The first kappa shape index (κ1) is 24.6. The molecule has 0 spiro atoms. The minimum absolute atomic E-state index is 0.0446. The highest BCUT2D eigenvalue weighted by Crippen LogP contribution is 2.29. The molecule has 0 saturated carbocycles. The zero-order chi connectivity index (χ0) is 24.8. The number of rotatable bonds is 8. The number of carbonyl (C=O) groups excluding carboxylic acids is 1. The lowest BCUT2D eigenvalue weighted by Gasteiger charge is -2.31. The van der Waals surface area contributed by atoms with Crippen LogP contribution in [0.3, 0.4) is 0 Å². The molecule has 1 aliphatic heterocycles. The molecule has 0 bridgehead atoms. The van der Waals surface area contributed by atoms with E-state index in [-0.39, 0.29) is 16.7 Å². The van der Waals surface area contributed by atoms with E-state index in [0.717, 1.165) is 54.3 Å². The van der Waals surface area contributed by atoms with Crippen molar-refractivity contribution < 1.29 is 17.9 Å². The van der Waals surface area contributed by atoms with Gasteiger partial charge in [-0.2, -0.15) is 0 Å². The number of aromatic nitrogens is 2. The van der Waals surface area contributed by atoms with Gasteiger partial charge in [0.2, 0.25) is 15.9 Å². The average molecular weight is 496 g/mol. The van der Waals surface area contributed by atoms with E-state index in [1.165, 1.54) is 12.1 Å². The van der Waals surface area contributed by atoms with Crippen molar-refractivity contribution in [1.82, 2.24) is 15.5 Å². The fraction of sp³-hybridized carbons (Fsp3) is 0.320. The fourth-order valence-electron chi connectivity index (χ4n) is 4.18. The van der Waals surface area contributed by atoms with Crippen molar-refractivity contribution >= 4 is 21.7 Å². The SMILES string of the molecule is COc1ccccc1-c1ccc(N2CCC(C(=O)NCCc3ccc(S(N)(=O)=O)cc3)CC2)nn1. The van der Waals surface area contributed by atoms with E-state index >= 15 is 0 Å². The number of hydrogen-bond acceptors (Lipinski definition) is 7. The standard InChI is InChI=1S/C25H29N5O4S/c1-34-23-5-3-2-4-21(23)22-10-11-24(29-28-22)30-16-13-19(14-17-30)25(31)27-15-12-18-6-8-20(9-7-18)35(26,32)33/h2-11,19H,12-17H2,1H3,(H,27,31)(H2,26,32,33). The normalized spacial score (nSPS) is 14.5. The van der Waals surface area contributed by atoms with Gasteiger partial charge in [0.25, 0.3) is 0 Å². The van der Waals surface area contributed by atoms with Crippen molar-refractivity contribution in [3.63, 3.8) is 0 Å². The van der Waals surface area contributed by atoms with Gasteiger partial charge in [-0.1, -0.05) is 24.3 Å². The molecule has 0 aliphatic carbocycles. The molecular formula is C25H29N5O4S. The molecule has 184 valence electrons. The zero-order valence-corrected chi connectivity index (χ0v) is 20.4. The summed E-state index contributed by atoms with van der Waals surface area (Å²) in [6, 6.07) is 18.0. The average Bonchev–Trinajstić information content (AvgIpc) is 2.88. The van der Waals surface area contributed by atoms with Gasteiger partial charge in [-0.3, -0.25) is 4.79 Å². The van der Waals surface area contributed by atoms with Gasteiger partial charge in [0.05, 0.1) is 17.7 Å². The highest BCUT2D eigenvalue weighted by molar-refractivity contribution is 7.89. The van der Waals surface area contributed by atoms with Crippen LogP contribution in [0.4, 0.5) is 5.82 Å². The van der Waals surface area contributed by atoms with Crippen molar-refractivity contribution in [2.45, 2.75) is 24.2 Å². The lowest BCUT2D eigenvalue weighted by molar-refractivity contribution is -0.125. The molecular weight excluding hydrogens is 466 g/mol. The van der Waals surface area contributed by atoms with Gasteiger partial charge >= 0.3 is 0 Å². The first-order valence-corrected chi connectivity index (χ1v) is 13.0. The van der Waals surface area contributed by atoms with Crippen LogP contribution in [0.2, 0.25) is 0 Å². The van der Waals surface area contributed by atoms with Gasteiger partial charge < -0.3 is 15.0 Å². The Balaban J connectivity index is 1.25. The number of nitrogens with two attached hydrogens (primary N) is 1. The molecule has 0 atom stereocenters. The third-order valence-electron chi connectivity index (χ3n) is 6.19. The number of piperidine rings is 1. The van der Waals surface area contributed by atoms with E-state index in [9.17, 15) is 13.2 Å². The quantitative estimate of drug-likeness (QED) is 0.491. The van der Waals surface area contributed by atoms with Crippen molar-refractivity contribution in [3.05, 3.63) is 66.2 Å². The Kier molecular flexibility index (Phi) is 7.62.